The fourth-order valence-corrected chi connectivity index (χ4v) is 4.90. The van der Waals surface area contributed by atoms with Gasteiger partial charge in [0.2, 0.25) is 6.17 Å². The van der Waals surface area contributed by atoms with Crippen LogP contribution in [0, 0.1) is 0 Å². The number of carbonyl (C=O) groups is 3. The predicted octanol–water partition coefficient (Wildman–Crippen LogP) is 3.69. The highest BCUT2D eigenvalue weighted by molar-refractivity contribution is 6.23. The number of carbonyl (C=O) groups excluding carboxylic acids is 3. The number of H-pyrrole nitrogens is 1. The summed E-state index contributed by atoms with van der Waals surface area (Å²) in [5.41, 5.74) is 4.29. The molecule has 1 aromatic heterocycles. The Morgan fingerprint density at radius 2 is 1.78 bits per heavy atom. The van der Waals surface area contributed by atoms with Crippen LogP contribution in [-0.4, -0.2) is 55.0 Å². The van der Waals surface area contributed by atoms with E-state index in [0.717, 1.165) is 16.5 Å². The van der Waals surface area contributed by atoms with E-state index in [2.05, 4.69) is 10.3 Å². The second kappa shape index (κ2) is 8.94. The lowest BCUT2D eigenvalue weighted by Crippen LogP contribution is -2.52. The van der Waals surface area contributed by atoms with Crippen LogP contribution < -0.4 is 15.1 Å². The molecule has 184 valence electrons. The summed E-state index contributed by atoms with van der Waals surface area (Å²) < 4.78 is 4.98. The SMILES string of the molecule is COC(=O)N1CCN2C(=O)C(NC(=O)c3cc4ccccc4[nH]3)N=C(c3ccccc3)c3cccc1c32. The van der Waals surface area contributed by atoms with Crippen LogP contribution in [0.15, 0.2) is 83.9 Å². The van der Waals surface area contributed by atoms with Crippen LogP contribution in [-0.2, 0) is 9.53 Å². The van der Waals surface area contributed by atoms with Gasteiger partial charge in [-0.2, -0.15) is 0 Å². The van der Waals surface area contributed by atoms with E-state index >= 15 is 0 Å². The zero-order valence-electron chi connectivity index (χ0n) is 20.0. The highest BCUT2D eigenvalue weighted by Crippen LogP contribution is 2.40. The summed E-state index contributed by atoms with van der Waals surface area (Å²) in [6.07, 6.45) is -1.68. The largest absolute Gasteiger partial charge is 0.452 e. The maximum absolute atomic E-state index is 13.8. The summed E-state index contributed by atoms with van der Waals surface area (Å²) >= 11 is 0. The van der Waals surface area contributed by atoms with E-state index in [-0.39, 0.29) is 19.0 Å². The molecule has 2 aliphatic rings. The number of aromatic nitrogens is 1. The summed E-state index contributed by atoms with van der Waals surface area (Å²) in [6.45, 7) is 0.479. The van der Waals surface area contributed by atoms with Crippen LogP contribution in [0.2, 0.25) is 0 Å². The molecule has 0 spiro atoms. The first-order valence-corrected chi connectivity index (χ1v) is 11.9. The number of rotatable bonds is 3. The lowest BCUT2D eigenvalue weighted by atomic mass is 9.98. The van der Waals surface area contributed by atoms with Gasteiger partial charge in [-0.3, -0.25) is 14.5 Å². The number of aliphatic imine (C=N–C) groups is 1. The van der Waals surface area contributed by atoms with E-state index in [1.807, 2.05) is 66.7 Å². The molecular formula is C28H23N5O4. The van der Waals surface area contributed by atoms with E-state index < -0.39 is 18.2 Å². The highest BCUT2D eigenvalue weighted by atomic mass is 16.5. The summed E-state index contributed by atoms with van der Waals surface area (Å²) in [6, 6.07) is 24.2. The molecule has 2 N–H and O–H groups in total. The number of anilines is 2. The van der Waals surface area contributed by atoms with E-state index in [0.29, 0.717) is 28.3 Å². The number of nitrogens with zero attached hydrogens (tertiary/aromatic N) is 3. The molecule has 9 heteroatoms. The summed E-state index contributed by atoms with van der Waals surface area (Å²) in [4.78, 5) is 50.6. The van der Waals surface area contributed by atoms with Crippen LogP contribution in [0.3, 0.4) is 0 Å². The summed E-state index contributed by atoms with van der Waals surface area (Å²) in [7, 11) is 1.33. The molecule has 1 unspecified atom stereocenters. The molecule has 3 amide bonds. The minimum Gasteiger partial charge on any atom is -0.452 e. The molecule has 3 aromatic carbocycles. The molecule has 1 atom stereocenters. The number of nitrogens with one attached hydrogen (secondary N) is 2. The molecule has 0 saturated carbocycles. The van der Waals surface area contributed by atoms with Crippen molar-refractivity contribution in [3.05, 3.63) is 95.7 Å². The topological polar surface area (TPSA) is 107 Å². The van der Waals surface area contributed by atoms with Gasteiger partial charge in [0.05, 0.1) is 24.2 Å². The Morgan fingerprint density at radius 1 is 1.00 bits per heavy atom. The molecule has 0 fully saturated rings. The maximum atomic E-state index is 13.8. The van der Waals surface area contributed by atoms with Gasteiger partial charge in [0.25, 0.3) is 11.8 Å². The Labute approximate surface area is 212 Å². The Morgan fingerprint density at radius 3 is 2.57 bits per heavy atom. The fraction of sp³-hybridized carbons (Fsp3) is 0.143. The Kier molecular flexibility index (Phi) is 5.45. The Balaban J connectivity index is 1.45. The van der Waals surface area contributed by atoms with E-state index in [9.17, 15) is 14.4 Å². The lowest BCUT2D eigenvalue weighted by molar-refractivity contribution is -0.120. The van der Waals surface area contributed by atoms with Gasteiger partial charge in [0.1, 0.15) is 5.69 Å². The average Bonchev–Trinajstić information content (AvgIpc) is 3.34. The van der Waals surface area contributed by atoms with E-state index in [1.165, 1.54) is 12.0 Å². The van der Waals surface area contributed by atoms with Crippen molar-refractivity contribution in [3.8, 4) is 0 Å². The van der Waals surface area contributed by atoms with Crippen molar-refractivity contribution in [1.82, 2.24) is 10.3 Å². The molecule has 0 aliphatic carbocycles. The van der Waals surface area contributed by atoms with Crippen molar-refractivity contribution in [2.24, 2.45) is 4.99 Å². The molecule has 4 aromatic rings. The van der Waals surface area contributed by atoms with Crippen LogP contribution in [0.25, 0.3) is 10.9 Å². The number of fused-ring (bicyclic) bond motifs is 1. The lowest BCUT2D eigenvalue weighted by Gasteiger charge is -2.36. The Hall–Kier alpha value is -4.92. The fourth-order valence-electron chi connectivity index (χ4n) is 4.90. The van der Waals surface area contributed by atoms with Crippen LogP contribution in [0.5, 0.6) is 0 Å². The molecular weight excluding hydrogens is 470 g/mol. The monoisotopic (exact) mass is 493 g/mol. The average molecular weight is 494 g/mol. The number of benzene rings is 3. The zero-order chi connectivity index (χ0) is 25.5. The zero-order valence-corrected chi connectivity index (χ0v) is 20.0. The first kappa shape index (κ1) is 22.5. The number of ether oxygens (including phenoxy) is 1. The van der Waals surface area contributed by atoms with Crippen LogP contribution in [0.1, 0.15) is 21.6 Å². The number of amides is 3. The van der Waals surface area contributed by atoms with Gasteiger partial charge in [0.15, 0.2) is 0 Å². The van der Waals surface area contributed by atoms with Crippen LogP contribution >= 0.6 is 0 Å². The first-order chi connectivity index (χ1) is 18.0. The molecule has 0 bridgehead atoms. The quantitative estimate of drug-likeness (QED) is 0.454. The summed E-state index contributed by atoms with van der Waals surface area (Å²) in [5.74, 6) is -0.821. The second-order valence-corrected chi connectivity index (χ2v) is 8.77. The van der Waals surface area contributed by atoms with Gasteiger partial charge in [-0.15, -0.1) is 0 Å². The highest BCUT2D eigenvalue weighted by Gasteiger charge is 2.39. The van der Waals surface area contributed by atoms with Crippen molar-refractivity contribution < 1.29 is 19.1 Å². The third-order valence-electron chi connectivity index (χ3n) is 6.62. The second-order valence-electron chi connectivity index (χ2n) is 8.77. The van der Waals surface area contributed by atoms with Crippen molar-refractivity contribution in [1.29, 1.82) is 0 Å². The molecule has 0 saturated heterocycles. The van der Waals surface area contributed by atoms with Gasteiger partial charge in [-0.25, -0.2) is 9.79 Å². The van der Waals surface area contributed by atoms with Gasteiger partial charge < -0.3 is 19.9 Å². The van der Waals surface area contributed by atoms with Crippen molar-refractivity contribution >= 4 is 45.9 Å². The maximum Gasteiger partial charge on any atom is 0.414 e. The predicted molar refractivity (Wildman–Crippen MR) is 140 cm³/mol. The number of para-hydroxylation sites is 2. The van der Waals surface area contributed by atoms with Crippen LogP contribution in [0.4, 0.5) is 16.2 Å². The van der Waals surface area contributed by atoms with Gasteiger partial charge >= 0.3 is 6.09 Å². The van der Waals surface area contributed by atoms with Gasteiger partial charge in [-0.05, 0) is 18.2 Å². The molecule has 2 aliphatic heterocycles. The van der Waals surface area contributed by atoms with Crippen molar-refractivity contribution in [3.63, 3.8) is 0 Å². The van der Waals surface area contributed by atoms with E-state index in [1.54, 1.807) is 17.0 Å². The number of methoxy groups -OCH3 is 1. The van der Waals surface area contributed by atoms with Crippen molar-refractivity contribution in [2.75, 3.05) is 30.0 Å². The number of hydrogen-bond acceptors (Lipinski definition) is 5. The number of aromatic amines is 1. The molecule has 6 rings (SSSR count). The molecule has 3 heterocycles. The smallest absolute Gasteiger partial charge is 0.414 e. The molecule has 37 heavy (non-hydrogen) atoms. The summed E-state index contributed by atoms with van der Waals surface area (Å²) in [5, 5.41) is 3.71. The Bertz CT molecular complexity index is 1540. The normalized spacial score (nSPS) is 16.6. The van der Waals surface area contributed by atoms with Gasteiger partial charge in [0, 0.05) is 35.1 Å². The minimum absolute atomic E-state index is 0.230. The first-order valence-electron chi connectivity index (χ1n) is 11.9. The molecule has 9 nitrogen and oxygen atoms in total. The number of hydrogen-bond donors (Lipinski definition) is 2. The minimum atomic E-state index is -1.17. The van der Waals surface area contributed by atoms with Crippen molar-refractivity contribution in [2.45, 2.75) is 6.17 Å². The third-order valence-corrected chi connectivity index (χ3v) is 6.62. The third kappa shape index (κ3) is 3.81. The standard InChI is InChI=1S/C28H23N5O4/c1-37-28(36)32-14-15-33-24-19(11-7-13-22(24)32)23(17-8-3-2-4-9-17)30-25(27(33)35)31-26(34)21-16-18-10-5-6-12-20(18)29-21/h2-13,16,25,29H,14-15H2,1H3,(H,31,34). The molecule has 0 radical (unpaired) electrons. The van der Waals surface area contributed by atoms with E-state index in [4.69, 9.17) is 9.73 Å². The van der Waals surface area contributed by atoms with Gasteiger partial charge in [-0.1, -0.05) is 60.7 Å².